The number of carbonyl (C=O) groups is 4. The topological polar surface area (TPSA) is 96.0 Å². The number of likely N-dealkylation sites (N-methyl/N-ethyl adjacent to an activating group) is 1. The highest BCUT2D eigenvalue weighted by atomic mass is 16.5. The van der Waals surface area contributed by atoms with Gasteiger partial charge < -0.3 is 19.9 Å². The monoisotopic (exact) mass is 483 g/mol. The van der Waals surface area contributed by atoms with Crippen molar-refractivity contribution in [2.24, 2.45) is 5.92 Å². The minimum atomic E-state index is -0.603. The Morgan fingerprint density at radius 3 is 2.66 bits per heavy atom. The Labute approximate surface area is 207 Å². The predicted molar refractivity (Wildman–Crippen MR) is 132 cm³/mol. The van der Waals surface area contributed by atoms with Gasteiger partial charge in [0.15, 0.2) is 0 Å². The number of hydrogen-bond donors (Lipinski definition) is 1. The zero-order chi connectivity index (χ0) is 25.5. The van der Waals surface area contributed by atoms with E-state index in [0.29, 0.717) is 24.9 Å². The zero-order valence-electron chi connectivity index (χ0n) is 21.2. The highest BCUT2D eigenvalue weighted by molar-refractivity contribution is 5.96. The molecule has 1 heterocycles. The molecule has 2 aliphatic rings. The first kappa shape index (κ1) is 26.4. The molecule has 3 atom stereocenters. The molecule has 1 aliphatic heterocycles. The highest BCUT2D eigenvalue weighted by Gasteiger charge is 2.37. The van der Waals surface area contributed by atoms with E-state index in [2.05, 4.69) is 11.4 Å². The molecule has 3 amide bonds. The number of benzene rings is 1. The smallest absolute Gasteiger partial charge is 0.329 e. The van der Waals surface area contributed by atoms with Gasteiger partial charge in [0.05, 0.1) is 12.6 Å². The van der Waals surface area contributed by atoms with Crippen LogP contribution in [0.25, 0.3) is 0 Å². The van der Waals surface area contributed by atoms with Crippen molar-refractivity contribution in [1.29, 1.82) is 0 Å². The Bertz CT molecular complexity index is 973. The third-order valence-electron chi connectivity index (χ3n) is 6.98. The number of likely N-dealkylation sites (tertiary alicyclic amines) is 1. The number of rotatable bonds is 9. The normalized spacial score (nSPS) is 20.7. The molecule has 0 spiro atoms. The molecule has 1 aliphatic carbocycles. The van der Waals surface area contributed by atoms with E-state index < -0.39 is 6.04 Å². The molecule has 1 saturated heterocycles. The van der Waals surface area contributed by atoms with Gasteiger partial charge in [-0.15, -0.1) is 0 Å². The van der Waals surface area contributed by atoms with Crippen molar-refractivity contribution in [3.8, 4) is 0 Å². The standard InChI is InChI=1S/C27H37N3O5/c1-18(2)23(29(4)25(32)16-28-17-31)15-19(3)26(33)30-14-8-12-22(30)27(34)35-24-13-7-10-20-9-5-6-11-21(20)24/h5-6,9,11,15,17-18,22-24H,7-8,10,12-14,16H2,1-4H3,(H,28,31)/t22-,23+,24?/m0/s1. The molecule has 1 fully saturated rings. The molecule has 0 bridgehead atoms. The first-order valence-electron chi connectivity index (χ1n) is 12.4. The van der Waals surface area contributed by atoms with Crippen molar-refractivity contribution in [1.82, 2.24) is 15.1 Å². The number of nitrogens with zero attached hydrogens (tertiary/aromatic N) is 2. The molecule has 1 N–H and O–H groups in total. The Morgan fingerprint density at radius 1 is 1.20 bits per heavy atom. The SMILES string of the molecule is CC(=C[C@H](C(C)C)N(C)C(=O)CNC=O)C(=O)N1CCC[C@H]1C(=O)OC1CCCc2ccccc21. The molecular formula is C27H37N3O5. The molecule has 0 aromatic heterocycles. The number of ether oxygens (including phenoxy) is 1. The summed E-state index contributed by atoms with van der Waals surface area (Å²) < 4.78 is 5.95. The fourth-order valence-electron chi connectivity index (χ4n) is 5.03. The van der Waals surface area contributed by atoms with Gasteiger partial charge in [0, 0.05) is 19.2 Å². The van der Waals surface area contributed by atoms with E-state index in [0.717, 1.165) is 31.2 Å². The number of esters is 1. The molecule has 0 saturated carbocycles. The van der Waals surface area contributed by atoms with E-state index in [-0.39, 0.29) is 42.4 Å². The van der Waals surface area contributed by atoms with Crippen LogP contribution in [0.15, 0.2) is 35.9 Å². The number of carbonyl (C=O) groups excluding carboxylic acids is 4. The van der Waals surface area contributed by atoms with E-state index >= 15 is 0 Å². The van der Waals surface area contributed by atoms with Crippen LogP contribution in [0, 0.1) is 5.92 Å². The van der Waals surface area contributed by atoms with Crippen molar-refractivity contribution in [3.63, 3.8) is 0 Å². The van der Waals surface area contributed by atoms with Crippen molar-refractivity contribution < 1.29 is 23.9 Å². The molecule has 3 rings (SSSR count). The van der Waals surface area contributed by atoms with Gasteiger partial charge in [0.1, 0.15) is 12.1 Å². The summed E-state index contributed by atoms with van der Waals surface area (Å²) in [6.07, 6.45) is 6.06. The van der Waals surface area contributed by atoms with Gasteiger partial charge in [-0.2, -0.15) is 0 Å². The Morgan fingerprint density at radius 2 is 1.94 bits per heavy atom. The lowest BCUT2D eigenvalue weighted by Crippen LogP contribution is -2.45. The van der Waals surface area contributed by atoms with E-state index in [9.17, 15) is 19.2 Å². The third-order valence-corrected chi connectivity index (χ3v) is 6.98. The number of hydrogen-bond acceptors (Lipinski definition) is 5. The van der Waals surface area contributed by atoms with Crippen LogP contribution in [0.4, 0.5) is 0 Å². The molecule has 0 radical (unpaired) electrons. The summed E-state index contributed by atoms with van der Waals surface area (Å²) in [5.41, 5.74) is 2.77. The molecule has 8 nitrogen and oxygen atoms in total. The van der Waals surface area contributed by atoms with Crippen LogP contribution >= 0.6 is 0 Å². The van der Waals surface area contributed by atoms with Crippen LogP contribution in [0.2, 0.25) is 0 Å². The van der Waals surface area contributed by atoms with Crippen LogP contribution in [-0.2, 0) is 30.3 Å². The van der Waals surface area contributed by atoms with Gasteiger partial charge in [-0.1, -0.05) is 44.2 Å². The van der Waals surface area contributed by atoms with Crippen LogP contribution in [-0.4, -0.2) is 66.2 Å². The molecular weight excluding hydrogens is 446 g/mol. The van der Waals surface area contributed by atoms with E-state index in [1.54, 1.807) is 24.9 Å². The van der Waals surface area contributed by atoms with Gasteiger partial charge in [0.25, 0.3) is 0 Å². The third kappa shape index (κ3) is 6.29. The summed E-state index contributed by atoms with van der Waals surface area (Å²) in [5.74, 6) is -0.764. The first-order valence-corrected chi connectivity index (χ1v) is 12.4. The fraction of sp³-hybridized carbons (Fsp3) is 0.556. The van der Waals surface area contributed by atoms with Crippen LogP contribution in [0.1, 0.15) is 63.7 Å². The average Bonchev–Trinajstić information content (AvgIpc) is 3.35. The van der Waals surface area contributed by atoms with Gasteiger partial charge >= 0.3 is 5.97 Å². The van der Waals surface area contributed by atoms with Gasteiger partial charge in [0.2, 0.25) is 18.2 Å². The molecule has 1 unspecified atom stereocenters. The summed E-state index contributed by atoms with van der Waals surface area (Å²) in [4.78, 5) is 52.6. The lowest BCUT2D eigenvalue weighted by molar-refractivity contribution is -0.158. The minimum Gasteiger partial charge on any atom is -0.456 e. The number of fused-ring (bicyclic) bond motifs is 1. The maximum atomic E-state index is 13.4. The molecule has 1 aromatic carbocycles. The maximum absolute atomic E-state index is 13.4. The van der Waals surface area contributed by atoms with Gasteiger partial charge in [-0.3, -0.25) is 14.4 Å². The number of aryl methyl sites for hydroxylation is 1. The minimum absolute atomic E-state index is 0.0497. The summed E-state index contributed by atoms with van der Waals surface area (Å²) in [6.45, 7) is 6.05. The summed E-state index contributed by atoms with van der Waals surface area (Å²) >= 11 is 0. The Hall–Kier alpha value is -3.16. The molecule has 8 heteroatoms. The second kappa shape index (κ2) is 12.0. The first-order chi connectivity index (χ1) is 16.7. The summed E-state index contributed by atoms with van der Waals surface area (Å²) in [6, 6.07) is 7.14. The lowest BCUT2D eigenvalue weighted by atomic mass is 9.89. The summed E-state index contributed by atoms with van der Waals surface area (Å²) in [7, 11) is 1.66. The van der Waals surface area contributed by atoms with Crippen molar-refractivity contribution in [3.05, 3.63) is 47.0 Å². The van der Waals surface area contributed by atoms with Crippen molar-refractivity contribution in [2.45, 2.75) is 71.1 Å². The fourth-order valence-corrected chi connectivity index (χ4v) is 5.03. The zero-order valence-corrected chi connectivity index (χ0v) is 21.2. The highest BCUT2D eigenvalue weighted by Crippen LogP contribution is 2.34. The molecule has 35 heavy (non-hydrogen) atoms. The maximum Gasteiger partial charge on any atom is 0.329 e. The van der Waals surface area contributed by atoms with Crippen molar-refractivity contribution >= 4 is 24.2 Å². The lowest BCUT2D eigenvalue weighted by Gasteiger charge is -2.31. The van der Waals surface area contributed by atoms with E-state index in [1.165, 1.54) is 10.5 Å². The van der Waals surface area contributed by atoms with Gasteiger partial charge in [-0.25, -0.2) is 4.79 Å². The van der Waals surface area contributed by atoms with E-state index in [1.807, 2.05) is 32.0 Å². The number of nitrogens with one attached hydrogen (secondary N) is 1. The molecule has 190 valence electrons. The van der Waals surface area contributed by atoms with Crippen molar-refractivity contribution in [2.75, 3.05) is 20.1 Å². The Balaban J connectivity index is 1.70. The van der Waals surface area contributed by atoms with Gasteiger partial charge in [-0.05, 0) is 56.1 Å². The van der Waals surface area contributed by atoms with Crippen LogP contribution < -0.4 is 5.32 Å². The van der Waals surface area contributed by atoms with Crippen LogP contribution in [0.3, 0.4) is 0 Å². The molecule has 1 aromatic rings. The largest absolute Gasteiger partial charge is 0.456 e. The quantitative estimate of drug-likeness (QED) is 0.331. The second-order valence-electron chi connectivity index (χ2n) is 9.76. The second-order valence-corrected chi connectivity index (χ2v) is 9.76. The predicted octanol–water partition coefficient (Wildman–Crippen LogP) is 2.77. The Kier molecular flexibility index (Phi) is 9.07. The van der Waals surface area contributed by atoms with E-state index in [4.69, 9.17) is 4.74 Å². The average molecular weight is 484 g/mol. The summed E-state index contributed by atoms with van der Waals surface area (Å²) in [5, 5.41) is 2.38. The van der Waals surface area contributed by atoms with Crippen LogP contribution in [0.5, 0.6) is 0 Å². The number of amides is 3.